The molecule has 90 valence electrons. The van der Waals surface area contributed by atoms with Crippen molar-refractivity contribution in [1.82, 2.24) is 0 Å². The molecule has 0 saturated carbocycles. The standard InChI is InChI=1S/C11H22O4/c1-3-5-7-14-8-10(12)9-15-11(13)6-4-2/h10,12H,3-9H2,1-2H3. The lowest BCUT2D eigenvalue weighted by Crippen LogP contribution is -2.23. The Morgan fingerprint density at radius 2 is 2.00 bits per heavy atom. The number of esters is 1. The number of unbranched alkanes of at least 4 members (excludes halogenated alkanes) is 1. The summed E-state index contributed by atoms with van der Waals surface area (Å²) in [7, 11) is 0. The van der Waals surface area contributed by atoms with E-state index in [0.717, 1.165) is 19.3 Å². The van der Waals surface area contributed by atoms with Gasteiger partial charge in [0.15, 0.2) is 0 Å². The van der Waals surface area contributed by atoms with Crippen LogP contribution >= 0.6 is 0 Å². The van der Waals surface area contributed by atoms with Gasteiger partial charge in [0.25, 0.3) is 0 Å². The molecular weight excluding hydrogens is 196 g/mol. The summed E-state index contributed by atoms with van der Waals surface area (Å²) in [6, 6.07) is 0. The van der Waals surface area contributed by atoms with Gasteiger partial charge in [-0.3, -0.25) is 4.79 Å². The van der Waals surface area contributed by atoms with E-state index in [0.29, 0.717) is 13.0 Å². The van der Waals surface area contributed by atoms with E-state index in [1.807, 2.05) is 6.92 Å². The average Bonchev–Trinajstić information content (AvgIpc) is 2.22. The van der Waals surface area contributed by atoms with Crippen LogP contribution in [-0.4, -0.2) is 37.0 Å². The minimum absolute atomic E-state index is 0.0327. The Bertz CT molecular complexity index is 159. The molecule has 0 aliphatic heterocycles. The summed E-state index contributed by atoms with van der Waals surface area (Å²) in [4.78, 5) is 10.9. The van der Waals surface area contributed by atoms with E-state index in [4.69, 9.17) is 9.47 Å². The van der Waals surface area contributed by atoms with E-state index in [1.165, 1.54) is 0 Å². The normalized spacial score (nSPS) is 12.5. The van der Waals surface area contributed by atoms with E-state index in [9.17, 15) is 9.90 Å². The number of hydrogen-bond donors (Lipinski definition) is 1. The molecule has 0 fully saturated rings. The molecule has 0 saturated heterocycles. The molecule has 15 heavy (non-hydrogen) atoms. The fraction of sp³-hybridized carbons (Fsp3) is 0.909. The van der Waals surface area contributed by atoms with Crippen molar-refractivity contribution < 1.29 is 19.4 Å². The second-order valence-corrected chi connectivity index (χ2v) is 3.52. The lowest BCUT2D eigenvalue weighted by Gasteiger charge is -2.11. The van der Waals surface area contributed by atoms with Gasteiger partial charge in [-0.25, -0.2) is 0 Å². The SMILES string of the molecule is CCCCOCC(O)COC(=O)CCC. The quantitative estimate of drug-likeness (QED) is 0.471. The van der Waals surface area contributed by atoms with Crippen LogP contribution in [0.5, 0.6) is 0 Å². The molecule has 1 atom stereocenters. The summed E-state index contributed by atoms with van der Waals surface area (Å²) in [5.41, 5.74) is 0. The van der Waals surface area contributed by atoms with Gasteiger partial charge in [-0.15, -0.1) is 0 Å². The van der Waals surface area contributed by atoms with Crippen molar-refractivity contribution in [1.29, 1.82) is 0 Å². The van der Waals surface area contributed by atoms with Crippen molar-refractivity contribution in [3.63, 3.8) is 0 Å². The summed E-state index contributed by atoms with van der Waals surface area (Å²) in [6.07, 6.45) is 2.53. The summed E-state index contributed by atoms with van der Waals surface area (Å²) < 4.78 is 10.0. The largest absolute Gasteiger partial charge is 0.463 e. The maximum absolute atomic E-state index is 10.9. The first-order valence-electron chi connectivity index (χ1n) is 5.62. The smallest absolute Gasteiger partial charge is 0.305 e. The topological polar surface area (TPSA) is 55.8 Å². The molecule has 0 aliphatic carbocycles. The van der Waals surface area contributed by atoms with E-state index < -0.39 is 6.10 Å². The highest BCUT2D eigenvalue weighted by Crippen LogP contribution is 1.95. The van der Waals surface area contributed by atoms with Crippen molar-refractivity contribution in [3.05, 3.63) is 0 Å². The van der Waals surface area contributed by atoms with Gasteiger partial charge in [-0.1, -0.05) is 20.3 Å². The second kappa shape index (κ2) is 9.93. The summed E-state index contributed by atoms with van der Waals surface area (Å²) >= 11 is 0. The molecule has 4 nitrogen and oxygen atoms in total. The van der Waals surface area contributed by atoms with Gasteiger partial charge in [0.1, 0.15) is 12.7 Å². The van der Waals surface area contributed by atoms with Gasteiger partial charge < -0.3 is 14.6 Å². The number of aliphatic hydroxyl groups is 1. The van der Waals surface area contributed by atoms with Gasteiger partial charge in [-0.05, 0) is 12.8 Å². The van der Waals surface area contributed by atoms with Crippen LogP contribution in [-0.2, 0) is 14.3 Å². The maximum Gasteiger partial charge on any atom is 0.305 e. The van der Waals surface area contributed by atoms with Crippen LogP contribution in [0.2, 0.25) is 0 Å². The van der Waals surface area contributed by atoms with Crippen LogP contribution in [0.1, 0.15) is 39.5 Å². The Morgan fingerprint density at radius 3 is 2.60 bits per heavy atom. The van der Waals surface area contributed by atoms with Crippen LogP contribution < -0.4 is 0 Å². The number of hydrogen-bond acceptors (Lipinski definition) is 4. The summed E-state index contributed by atoms with van der Waals surface area (Å²) in [6.45, 7) is 4.90. The fourth-order valence-electron chi connectivity index (χ4n) is 0.979. The lowest BCUT2D eigenvalue weighted by molar-refractivity contribution is -0.147. The molecule has 0 spiro atoms. The zero-order valence-corrected chi connectivity index (χ0v) is 9.70. The first-order valence-corrected chi connectivity index (χ1v) is 5.62. The molecule has 0 aromatic rings. The highest BCUT2D eigenvalue weighted by atomic mass is 16.5. The molecule has 0 rings (SSSR count). The molecule has 0 amide bonds. The van der Waals surface area contributed by atoms with Crippen LogP contribution in [0, 0.1) is 0 Å². The Kier molecular flexibility index (Phi) is 9.52. The van der Waals surface area contributed by atoms with Crippen LogP contribution in [0.3, 0.4) is 0 Å². The van der Waals surface area contributed by atoms with Gasteiger partial charge in [0.05, 0.1) is 6.61 Å². The molecule has 0 aromatic carbocycles. The first-order chi connectivity index (χ1) is 7.20. The first kappa shape index (κ1) is 14.4. The third-order valence-corrected chi connectivity index (χ3v) is 1.84. The molecule has 1 unspecified atom stereocenters. The Morgan fingerprint density at radius 1 is 1.27 bits per heavy atom. The highest BCUT2D eigenvalue weighted by Gasteiger charge is 2.07. The van der Waals surface area contributed by atoms with E-state index >= 15 is 0 Å². The third kappa shape index (κ3) is 9.69. The number of ether oxygens (including phenoxy) is 2. The predicted molar refractivity (Wildman–Crippen MR) is 57.6 cm³/mol. The fourth-order valence-corrected chi connectivity index (χ4v) is 0.979. The van der Waals surface area contributed by atoms with Crippen molar-refractivity contribution >= 4 is 5.97 Å². The van der Waals surface area contributed by atoms with Crippen LogP contribution in [0.15, 0.2) is 0 Å². The number of rotatable bonds is 9. The van der Waals surface area contributed by atoms with Crippen molar-refractivity contribution in [2.45, 2.75) is 45.6 Å². The zero-order valence-electron chi connectivity index (χ0n) is 9.70. The zero-order chi connectivity index (χ0) is 11.5. The Balaban J connectivity index is 3.32. The van der Waals surface area contributed by atoms with Crippen LogP contribution in [0.4, 0.5) is 0 Å². The number of carbonyl (C=O) groups is 1. The van der Waals surface area contributed by atoms with E-state index in [2.05, 4.69) is 6.92 Å². The molecule has 0 aliphatic rings. The van der Waals surface area contributed by atoms with Gasteiger partial charge in [-0.2, -0.15) is 0 Å². The van der Waals surface area contributed by atoms with Gasteiger partial charge >= 0.3 is 5.97 Å². The molecule has 1 N–H and O–H groups in total. The molecule has 0 aromatic heterocycles. The van der Waals surface area contributed by atoms with Gasteiger partial charge in [0.2, 0.25) is 0 Å². The van der Waals surface area contributed by atoms with Crippen LogP contribution in [0.25, 0.3) is 0 Å². The Hall–Kier alpha value is -0.610. The third-order valence-electron chi connectivity index (χ3n) is 1.84. The van der Waals surface area contributed by atoms with Gasteiger partial charge in [0, 0.05) is 13.0 Å². The van der Waals surface area contributed by atoms with Crippen molar-refractivity contribution in [3.8, 4) is 0 Å². The molecular formula is C11H22O4. The van der Waals surface area contributed by atoms with E-state index in [-0.39, 0.29) is 19.2 Å². The second-order valence-electron chi connectivity index (χ2n) is 3.52. The maximum atomic E-state index is 10.9. The monoisotopic (exact) mass is 218 g/mol. The Labute approximate surface area is 91.6 Å². The molecule has 0 bridgehead atoms. The predicted octanol–water partition coefficient (Wildman–Crippen LogP) is 1.51. The van der Waals surface area contributed by atoms with Crippen molar-refractivity contribution in [2.24, 2.45) is 0 Å². The summed E-state index contributed by atoms with van der Waals surface area (Å²) in [5.74, 6) is -0.259. The van der Waals surface area contributed by atoms with E-state index in [1.54, 1.807) is 0 Å². The minimum Gasteiger partial charge on any atom is -0.463 e. The lowest BCUT2D eigenvalue weighted by atomic mass is 10.3. The van der Waals surface area contributed by atoms with Crippen molar-refractivity contribution in [2.75, 3.05) is 19.8 Å². The molecule has 0 radical (unpaired) electrons. The average molecular weight is 218 g/mol. The minimum atomic E-state index is -0.706. The summed E-state index contributed by atoms with van der Waals surface area (Å²) in [5, 5.41) is 9.36. The molecule has 4 heteroatoms. The number of aliphatic hydroxyl groups excluding tert-OH is 1. The molecule has 0 heterocycles. The number of carbonyl (C=O) groups excluding carboxylic acids is 1. The highest BCUT2D eigenvalue weighted by molar-refractivity contribution is 5.69.